The fourth-order valence-corrected chi connectivity index (χ4v) is 2.45. The Kier molecular flexibility index (Phi) is 5.01. The van der Waals surface area contributed by atoms with Gasteiger partial charge in [0.1, 0.15) is 0 Å². The normalized spacial score (nSPS) is 18.9. The van der Waals surface area contributed by atoms with E-state index < -0.39 is 0 Å². The van der Waals surface area contributed by atoms with Gasteiger partial charge >= 0.3 is 0 Å². The molecule has 0 aromatic heterocycles. The van der Waals surface area contributed by atoms with Crippen LogP contribution in [0.2, 0.25) is 0 Å². The maximum absolute atomic E-state index is 12.5. The lowest BCUT2D eigenvalue weighted by atomic mass is 10.1. The Bertz CT molecular complexity index is 474. The third kappa shape index (κ3) is 3.31. The minimum atomic E-state index is 0.103. The van der Waals surface area contributed by atoms with Crippen molar-refractivity contribution < 1.29 is 9.53 Å². The number of ether oxygens (including phenoxy) is 1. The zero-order valence-corrected chi connectivity index (χ0v) is 12.6. The molecule has 20 heavy (non-hydrogen) atoms. The zero-order valence-electron chi connectivity index (χ0n) is 12.6. The van der Waals surface area contributed by atoms with Gasteiger partial charge in [0.25, 0.3) is 5.91 Å². The standard InChI is InChI=1S/C16H24N2O2/c1-4-7-17-15-6-5-14(10-12(15)2)16(19)18-8-9-20-11-13(18)3/h5-6,10,13,17H,4,7-9,11H2,1-3H3. The fraction of sp³-hybridized carbons (Fsp3) is 0.562. The van der Waals surface area contributed by atoms with E-state index in [2.05, 4.69) is 12.2 Å². The SMILES string of the molecule is CCCNc1ccc(C(=O)N2CCOCC2C)cc1C. The smallest absolute Gasteiger partial charge is 0.254 e. The summed E-state index contributed by atoms with van der Waals surface area (Å²) in [6.07, 6.45) is 1.09. The number of carbonyl (C=O) groups excluding carboxylic acids is 1. The van der Waals surface area contributed by atoms with Crippen molar-refractivity contribution in [3.05, 3.63) is 29.3 Å². The van der Waals surface area contributed by atoms with Crippen molar-refractivity contribution in [2.45, 2.75) is 33.2 Å². The summed E-state index contributed by atoms with van der Waals surface area (Å²) in [6, 6.07) is 6.04. The van der Waals surface area contributed by atoms with Gasteiger partial charge in [-0.2, -0.15) is 0 Å². The van der Waals surface area contributed by atoms with Gasteiger partial charge in [-0.05, 0) is 44.0 Å². The molecule has 0 spiro atoms. The van der Waals surface area contributed by atoms with E-state index in [1.807, 2.05) is 36.9 Å². The molecule has 0 aliphatic carbocycles. The van der Waals surface area contributed by atoms with E-state index in [9.17, 15) is 4.79 Å². The molecule has 0 bridgehead atoms. The van der Waals surface area contributed by atoms with Crippen molar-refractivity contribution in [2.75, 3.05) is 31.6 Å². The first-order valence-corrected chi connectivity index (χ1v) is 7.36. The molecule has 1 aromatic carbocycles. The Balaban J connectivity index is 2.12. The second-order valence-corrected chi connectivity index (χ2v) is 5.38. The van der Waals surface area contributed by atoms with E-state index in [0.29, 0.717) is 19.8 Å². The van der Waals surface area contributed by atoms with Crippen molar-refractivity contribution in [3.8, 4) is 0 Å². The molecule has 2 rings (SSSR count). The highest BCUT2D eigenvalue weighted by atomic mass is 16.5. The number of nitrogens with zero attached hydrogens (tertiary/aromatic N) is 1. The molecule has 1 unspecified atom stereocenters. The summed E-state index contributed by atoms with van der Waals surface area (Å²) >= 11 is 0. The first-order valence-electron chi connectivity index (χ1n) is 7.36. The molecule has 1 aliphatic rings. The molecule has 0 radical (unpaired) electrons. The third-order valence-corrected chi connectivity index (χ3v) is 3.67. The number of aryl methyl sites for hydroxylation is 1. The van der Waals surface area contributed by atoms with Gasteiger partial charge in [0.15, 0.2) is 0 Å². The Morgan fingerprint density at radius 2 is 2.30 bits per heavy atom. The first-order chi connectivity index (χ1) is 9.63. The largest absolute Gasteiger partial charge is 0.385 e. The van der Waals surface area contributed by atoms with Crippen LogP contribution in [-0.2, 0) is 4.74 Å². The minimum Gasteiger partial charge on any atom is -0.385 e. The van der Waals surface area contributed by atoms with Crippen LogP contribution in [0.1, 0.15) is 36.2 Å². The van der Waals surface area contributed by atoms with E-state index in [4.69, 9.17) is 4.74 Å². The molecule has 0 saturated carbocycles. The molecule has 1 N–H and O–H groups in total. The zero-order chi connectivity index (χ0) is 14.5. The number of morpholine rings is 1. The van der Waals surface area contributed by atoms with Gasteiger partial charge in [-0.3, -0.25) is 4.79 Å². The van der Waals surface area contributed by atoms with E-state index >= 15 is 0 Å². The van der Waals surface area contributed by atoms with Gasteiger partial charge in [-0.15, -0.1) is 0 Å². The van der Waals surface area contributed by atoms with E-state index in [1.165, 1.54) is 0 Å². The van der Waals surface area contributed by atoms with E-state index in [0.717, 1.165) is 29.8 Å². The van der Waals surface area contributed by atoms with Crippen LogP contribution in [0, 0.1) is 6.92 Å². The lowest BCUT2D eigenvalue weighted by molar-refractivity contribution is 0.00359. The van der Waals surface area contributed by atoms with Crippen molar-refractivity contribution >= 4 is 11.6 Å². The number of anilines is 1. The maximum Gasteiger partial charge on any atom is 0.254 e. The van der Waals surface area contributed by atoms with Crippen molar-refractivity contribution in [2.24, 2.45) is 0 Å². The first kappa shape index (κ1) is 14.9. The van der Waals surface area contributed by atoms with Gasteiger partial charge in [-0.1, -0.05) is 6.92 Å². The lowest BCUT2D eigenvalue weighted by Crippen LogP contribution is -2.47. The molecule has 1 aromatic rings. The summed E-state index contributed by atoms with van der Waals surface area (Å²) in [6.45, 7) is 9.09. The van der Waals surface area contributed by atoms with E-state index in [1.54, 1.807) is 0 Å². The number of amides is 1. The van der Waals surface area contributed by atoms with Crippen molar-refractivity contribution in [1.29, 1.82) is 0 Å². The Morgan fingerprint density at radius 3 is 2.95 bits per heavy atom. The summed E-state index contributed by atoms with van der Waals surface area (Å²) in [5.41, 5.74) is 2.99. The molecule has 1 heterocycles. The van der Waals surface area contributed by atoms with Crippen LogP contribution in [0.25, 0.3) is 0 Å². The highest BCUT2D eigenvalue weighted by Crippen LogP contribution is 2.19. The van der Waals surface area contributed by atoms with Crippen LogP contribution < -0.4 is 5.32 Å². The molecule has 1 amide bonds. The Hall–Kier alpha value is -1.55. The van der Waals surface area contributed by atoms with Gasteiger partial charge < -0.3 is 15.0 Å². The van der Waals surface area contributed by atoms with E-state index in [-0.39, 0.29) is 11.9 Å². The molecule has 4 heteroatoms. The third-order valence-electron chi connectivity index (χ3n) is 3.67. The van der Waals surface area contributed by atoms with Crippen molar-refractivity contribution in [1.82, 2.24) is 4.90 Å². The molecule has 1 aliphatic heterocycles. The molecule has 1 fully saturated rings. The molecule has 1 atom stereocenters. The molecule has 1 saturated heterocycles. The number of carbonyl (C=O) groups is 1. The van der Waals surface area contributed by atoms with Crippen LogP contribution >= 0.6 is 0 Å². The van der Waals surface area contributed by atoms with Crippen LogP contribution in [0.4, 0.5) is 5.69 Å². The molecular formula is C16H24N2O2. The predicted molar refractivity (Wildman–Crippen MR) is 81.3 cm³/mol. The van der Waals surface area contributed by atoms with Gasteiger partial charge in [0.05, 0.1) is 19.3 Å². The summed E-state index contributed by atoms with van der Waals surface area (Å²) in [4.78, 5) is 14.4. The van der Waals surface area contributed by atoms with Crippen LogP contribution in [0.3, 0.4) is 0 Å². The highest BCUT2D eigenvalue weighted by Gasteiger charge is 2.24. The summed E-state index contributed by atoms with van der Waals surface area (Å²) in [5, 5.41) is 3.37. The quantitative estimate of drug-likeness (QED) is 0.919. The minimum absolute atomic E-state index is 0.103. The molecule has 110 valence electrons. The van der Waals surface area contributed by atoms with Gasteiger partial charge in [-0.25, -0.2) is 0 Å². The molecular weight excluding hydrogens is 252 g/mol. The van der Waals surface area contributed by atoms with Crippen LogP contribution in [-0.4, -0.2) is 43.2 Å². The Labute approximate surface area is 121 Å². The van der Waals surface area contributed by atoms with Gasteiger partial charge in [0.2, 0.25) is 0 Å². The lowest BCUT2D eigenvalue weighted by Gasteiger charge is -2.33. The molecule has 4 nitrogen and oxygen atoms in total. The number of benzene rings is 1. The Morgan fingerprint density at radius 1 is 1.50 bits per heavy atom. The monoisotopic (exact) mass is 276 g/mol. The number of hydrogen-bond acceptors (Lipinski definition) is 3. The van der Waals surface area contributed by atoms with Crippen LogP contribution in [0.5, 0.6) is 0 Å². The number of rotatable bonds is 4. The predicted octanol–water partition coefficient (Wildman–Crippen LogP) is 2.68. The van der Waals surface area contributed by atoms with Crippen LogP contribution in [0.15, 0.2) is 18.2 Å². The fourth-order valence-electron chi connectivity index (χ4n) is 2.45. The highest BCUT2D eigenvalue weighted by molar-refractivity contribution is 5.95. The van der Waals surface area contributed by atoms with Crippen molar-refractivity contribution in [3.63, 3.8) is 0 Å². The second-order valence-electron chi connectivity index (χ2n) is 5.38. The topological polar surface area (TPSA) is 41.6 Å². The van der Waals surface area contributed by atoms with Gasteiger partial charge in [0, 0.05) is 24.3 Å². The summed E-state index contributed by atoms with van der Waals surface area (Å²) in [7, 11) is 0. The number of nitrogens with one attached hydrogen (secondary N) is 1. The summed E-state index contributed by atoms with van der Waals surface area (Å²) < 4.78 is 5.38. The average molecular weight is 276 g/mol. The number of hydrogen-bond donors (Lipinski definition) is 1. The summed E-state index contributed by atoms with van der Waals surface area (Å²) in [5.74, 6) is 0.103. The maximum atomic E-state index is 12.5. The second kappa shape index (κ2) is 6.75. The average Bonchev–Trinajstić information content (AvgIpc) is 2.46.